The number of nitrogen functional groups attached to an aromatic ring is 1. The van der Waals surface area contributed by atoms with Gasteiger partial charge >= 0.3 is 0 Å². The summed E-state index contributed by atoms with van der Waals surface area (Å²) < 4.78 is 32.4. The second-order valence-corrected chi connectivity index (χ2v) is 6.10. The first-order chi connectivity index (χ1) is 9.92. The highest BCUT2D eigenvalue weighted by Crippen LogP contribution is 2.22. The topological polar surface area (TPSA) is 94.3 Å². The lowest BCUT2D eigenvalue weighted by Crippen LogP contribution is -2.14. The summed E-state index contributed by atoms with van der Waals surface area (Å²) in [5, 5.41) is 0. The first kappa shape index (κ1) is 15.1. The van der Waals surface area contributed by atoms with Crippen LogP contribution < -0.4 is 15.2 Å². The fourth-order valence-corrected chi connectivity index (χ4v) is 3.11. The molecule has 0 bridgehead atoms. The lowest BCUT2D eigenvalue weighted by Gasteiger charge is -2.11. The molecule has 0 aliphatic rings. The number of nitrogens with zero attached hydrogens (tertiary/aromatic N) is 1. The average molecular weight is 307 g/mol. The van der Waals surface area contributed by atoms with Crippen molar-refractivity contribution in [3.05, 3.63) is 42.1 Å². The third-order valence-corrected chi connectivity index (χ3v) is 4.31. The molecule has 1 heterocycles. The first-order valence-corrected chi connectivity index (χ1v) is 7.88. The molecule has 0 fully saturated rings. The molecule has 0 saturated carbocycles. The Morgan fingerprint density at radius 2 is 2.05 bits per heavy atom. The maximum Gasteiger partial charge on any atom is 0.262 e. The van der Waals surface area contributed by atoms with Crippen LogP contribution in [0.5, 0.6) is 5.88 Å². The van der Waals surface area contributed by atoms with E-state index in [2.05, 4.69) is 9.71 Å². The number of aryl methyl sites for hydroxylation is 1. The van der Waals surface area contributed by atoms with Crippen molar-refractivity contribution in [2.24, 2.45) is 0 Å². The number of anilines is 2. The minimum Gasteiger partial charge on any atom is -0.478 e. The van der Waals surface area contributed by atoms with E-state index in [4.69, 9.17) is 10.5 Å². The van der Waals surface area contributed by atoms with E-state index in [0.29, 0.717) is 29.4 Å². The van der Waals surface area contributed by atoms with Crippen LogP contribution in [0.4, 0.5) is 11.4 Å². The van der Waals surface area contributed by atoms with Gasteiger partial charge in [0.05, 0.1) is 23.4 Å². The SMILES string of the molecule is CCOc1ccc(NS(=O)(=O)c2cc(N)ccc2C)cn1. The summed E-state index contributed by atoms with van der Waals surface area (Å²) in [6.07, 6.45) is 1.41. The van der Waals surface area contributed by atoms with Crippen LogP contribution in [0.15, 0.2) is 41.4 Å². The standard InChI is InChI=1S/C14H17N3O3S/c1-3-20-14-7-6-12(9-16-14)17-21(18,19)13-8-11(15)5-4-10(13)2/h4-9,17H,3,15H2,1-2H3. The van der Waals surface area contributed by atoms with Crippen molar-refractivity contribution in [1.29, 1.82) is 0 Å². The smallest absolute Gasteiger partial charge is 0.262 e. The number of pyridine rings is 1. The van der Waals surface area contributed by atoms with Gasteiger partial charge in [0.1, 0.15) is 0 Å². The zero-order valence-corrected chi connectivity index (χ0v) is 12.6. The van der Waals surface area contributed by atoms with Crippen molar-refractivity contribution in [2.45, 2.75) is 18.7 Å². The normalized spacial score (nSPS) is 11.1. The van der Waals surface area contributed by atoms with Gasteiger partial charge in [0.25, 0.3) is 10.0 Å². The molecular weight excluding hydrogens is 290 g/mol. The number of ether oxygens (including phenoxy) is 1. The summed E-state index contributed by atoms with van der Waals surface area (Å²) >= 11 is 0. The third kappa shape index (κ3) is 3.63. The van der Waals surface area contributed by atoms with Gasteiger partial charge in [-0.15, -0.1) is 0 Å². The number of aromatic nitrogens is 1. The summed E-state index contributed by atoms with van der Waals surface area (Å²) in [4.78, 5) is 4.16. The number of hydrogen-bond acceptors (Lipinski definition) is 5. The fourth-order valence-electron chi connectivity index (χ4n) is 1.79. The molecule has 0 aliphatic carbocycles. The van der Waals surface area contributed by atoms with Crippen LogP contribution in [0.3, 0.4) is 0 Å². The Morgan fingerprint density at radius 3 is 2.67 bits per heavy atom. The average Bonchev–Trinajstić information content (AvgIpc) is 2.43. The van der Waals surface area contributed by atoms with Crippen molar-refractivity contribution in [2.75, 3.05) is 17.1 Å². The second kappa shape index (κ2) is 6.01. The van der Waals surface area contributed by atoms with Gasteiger partial charge in [-0.25, -0.2) is 13.4 Å². The number of hydrogen-bond donors (Lipinski definition) is 2. The highest BCUT2D eigenvalue weighted by molar-refractivity contribution is 7.92. The van der Waals surface area contributed by atoms with Crippen LogP contribution in [0.1, 0.15) is 12.5 Å². The largest absolute Gasteiger partial charge is 0.478 e. The molecule has 7 heteroatoms. The summed E-state index contributed by atoms with van der Waals surface area (Å²) in [6.45, 7) is 4.06. The van der Waals surface area contributed by atoms with E-state index >= 15 is 0 Å². The molecule has 0 atom stereocenters. The van der Waals surface area contributed by atoms with Crippen molar-refractivity contribution in [3.63, 3.8) is 0 Å². The minimum absolute atomic E-state index is 0.149. The molecule has 0 unspecified atom stereocenters. The number of nitrogens with two attached hydrogens (primary N) is 1. The first-order valence-electron chi connectivity index (χ1n) is 6.40. The van der Waals surface area contributed by atoms with Gasteiger partial charge < -0.3 is 10.5 Å². The molecule has 2 aromatic rings. The van der Waals surface area contributed by atoms with Gasteiger partial charge in [-0.1, -0.05) is 6.07 Å². The Labute approximate surface area is 124 Å². The van der Waals surface area contributed by atoms with E-state index < -0.39 is 10.0 Å². The summed E-state index contributed by atoms with van der Waals surface area (Å²) in [6, 6.07) is 7.96. The van der Waals surface area contributed by atoms with E-state index in [-0.39, 0.29) is 4.90 Å². The van der Waals surface area contributed by atoms with Gasteiger partial charge in [0, 0.05) is 11.8 Å². The number of sulfonamides is 1. The molecule has 21 heavy (non-hydrogen) atoms. The Balaban J connectivity index is 2.26. The third-order valence-electron chi connectivity index (χ3n) is 2.78. The van der Waals surface area contributed by atoms with Gasteiger partial charge in [0.15, 0.2) is 0 Å². The molecule has 0 saturated heterocycles. The van der Waals surface area contributed by atoms with Gasteiger partial charge in [-0.2, -0.15) is 0 Å². The Bertz CT molecular complexity index is 728. The monoisotopic (exact) mass is 307 g/mol. The van der Waals surface area contributed by atoms with E-state index in [9.17, 15) is 8.42 Å². The van der Waals surface area contributed by atoms with E-state index in [1.807, 2.05) is 6.92 Å². The van der Waals surface area contributed by atoms with Crippen molar-refractivity contribution in [3.8, 4) is 5.88 Å². The molecule has 0 amide bonds. The zero-order chi connectivity index (χ0) is 15.5. The molecule has 1 aromatic carbocycles. The molecule has 6 nitrogen and oxygen atoms in total. The van der Waals surface area contributed by atoms with Gasteiger partial charge in [-0.05, 0) is 37.6 Å². The lowest BCUT2D eigenvalue weighted by atomic mass is 10.2. The number of rotatable bonds is 5. The predicted molar refractivity (Wildman–Crippen MR) is 81.8 cm³/mol. The van der Waals surface area contributed by atoms with Crippen molar-refractivity contribution in [1.82, 2.24) is 4.98 Å². The van der Waals surface area contributed by atoms with Crippen LogP contribution >= 0.6 is 0 Å². The quantitative estimate of drug-likeness (QED) is 0.826. The van der Waals surface area contributed by atoms with Crippen molar-refractivity contribution >= 4 is 21.4 Å². The Kier molecular flexibility index (Phi) is 4.32. The Morgan fingerprint density at radius 1 is 1.29 bits per heavy atom. The fraction of sp³-hybridized carbons (Fsp3) is 0.214. The molecule has 0 spiro atoms. The van der Waals surface area contributed by atoms with Crippen LogP contribution in [0.2, 0.25) is 0 Å². The maximum atomic E-state index is 12.4. The Hall–Kier alpha value is -2.28. The van der Waals surface area contributed by atoms with Crippen molar-refractivity contribution < 1.29 is 13.2 Å². The summed E-state index contributed by atoms with van der Waals surface area (Å²) in [7, 11) is -3.70. The van der Waals surface area contributed by atoms with Crippen LogP contribution in [0.25, 0.3) is 0 Å². The molecule has 2 rings (SSSR count). The molecule has 112 valence electrons. The minimum atomic E-state index is -3.70. The van der Waals surface area contributed by atoms with Crippen LogP contribution in [-0.2, 0) is 10.0 Å². The van der Waals surface area contributed by atoms with E-state index in [1.54, 1.807) is 31.2 Å². The number of benzene rings is 1. The van der Waals surface area contributed by atoms with E-state index in [0.717, 1.165) is 0 Å². The van der Waals surface area contributed by atoms with Gasteiger partial charge in [0.2, 0.25) is 5.88 Å². The second-order valence-electron chi connectivity index (χ2n) is 4.45. The molecule has 1 aromatic heterocycles. The predicted octanol–water partition coefficient (Wildman–Crippen LogP) is 2.17. The number of nitrogens with one attached hydrogen (secondary N) is 1. The molecule has 0 aliphatic heterocycles. The van der Waals surface area contributed by atoms with Gasteiger partial charge in [-0.3, -0.25) is 4.72 Å². The lowest BCUT2D eigenvalue weighted by molar-refractivity contribution is 0.327. The summed E-state index contributed by atoms with van der Waals surface area (Å²) in [5.74, 6) is 0.445. The van der Waals surface area contributed by atoms with E-state index in [1.165, 1.54) is 12.3 Å². The highest BCUT2D eigenvalue weighted by atomic mass is 32.2. The molecule has 0 radical (unpaired) electrons. The van der Waals surface area contributed by atoms with Crippen LogP contribution in [-0.4, -0.2) is 20.0 Å². The van der Waals surface area contributed by atoms with Crippen LogP contribution in [0, 0.1) is 6.92 Å². The maximum absolute atomic E-state index is 12.4. The molecular formula is C14H17N3O3S. The summed E-state index contributed by atoms with van der Waals surface area (Å²) in [5.41, 5.74) is 7.03. The zero-order valence-electron chi connectivity index (χ0n) is 11.8. The molecule has 3 N–H and O–H groups in total. The highest BCUT2D eigenvalue weighted by Gasteiger charge is 2.17.